The van der Waals surface area contributed by atoms with Gasteiger partial charge in [-0.2, -0.15) is 5.10 Å². The lowest BCUT2D eigenvalue weighted by atomic mass is 10.2. The van der Waals surface area contributed by atoms with Crippen LogP contribution in [0.3, 0.4) is 0 Å². The van der Waals surface area contributed by atoms with E-state index in [4.69, 9.17) is 14.2 Å². The van der Waals surface area contributed by atoms with E-state index in [1.807, 2.05) is 26.0 Å². The van der Waals surface area contributed by atoms with E-state index in [1.54, 1.807) is 31.4 Å². The summed E-state index contributed by atoms with van der Waals surface area (Å²) < 4.78 is 17.0. The minimum atomic E-state index is -0.357. The number of methoxy groups -OCH3 is 1. The predicted molar refractivity (Wildman–Crippen MR) is 105 cm³/mol. The first kappa shape index (κ1) is 19.8. The molecule has 26 heavy (non-hydrogen) atoms. The molecule has 0 heterocycles. The Morgan fingerprint density at radius 2 is 1.77 bits per heavy atom. The normalized spacial score (nSPS) is 10.6. The highest BCUT2D eigenvalue weighted by molar-refractivity contribution is 9.10. The molecule has 7 heteroatoms. The van der Waals surface area contributed by atoms with Gasteiger partial charge < -0.3 is 14.2 Å². The van der Waals surface area contributed by atoms with Gasteiger partial charge in [0.1, 0.15) is 5.75 Å². The number of benzene rings is 2. The topological polar surface area (TPSA) is 69.2 Å². The molecule has 1 amide bonds. The van der Waals surface area contributed by atoms with E-state index in [0.29, 0.717) is 36.0 Å². The third kappa shape index (κ3) is 5.23. The van der Waals surface area contributed by atoms with Crippen molar-refractivity contribution in [3.05, 3.63) is 52.0 Å². The molecule has 2 rings (SSSR count). The van der Waals surface area contributed by atoms with E-state index in [-0.39, 0.29) is 5.91 Å². The SMILES string of the molecule is CCOc1ccc(/C=N\NC(=O)c2cc(Br)ccc2OCC)cc1OC. The largest absolute Gasteiger partial charge is 0.493 e. The summed E-state index contributed by atoms with van der Waals surface area (Å²) in [7, 11) is 1.57. The fraction of sp³-hybridized carbons (Fsp3) is 0.263. The zero-order valence-electron chi connectivity index (χ0n) is 14.9. The van der Waals surface area contributed by atoms with Crippen molar-refractivity contribution in [1.29, 1.82) is 0 Å². The van der Waals surface area contributed by atoms with E-state index in [0.717, 1.165) is 10.0 Å². The maximum absolute atomic E-state index is 12.4. The van der Waals surface area contributed by atoms with Gasteiger partial charge in [0.25, 0.3) is 5.91 Å². The van der Waals surface area contributed by atoms with Gasteiger partial charge in [-0.3, -0.25) is 4.79 Å². The molecule has 0 aromatic heterocycles. The van der Waals surface area contributed by atoms with E-state index in [1.165, 1.54) is 6.21 Å². The summed E-state index contributed by atoms with van der Waals surface area (Å²) in [5.74, 6) is 1.41. The van der Waals surface area contributed by atoms with Crippen LogP contribution in [0.2, 0.25) is 0 Å². The van der Waals surface area contributed by atoms with Gasteiger partial charge in [0, 0.05) is 4.47 Å². The van der Waals surface area contributed by atoms with Crippen molar-refractivity contribution in [3.63, 3.8) is 0 Å². The van der Waals surface area contributed by atoms with Crippen LogP contribution in [0.15, 0.2) is 46.0 Å². The average molecular weight is 421 g/mol. The summed E-state index contributed by atoms with van der Waals surface area (Å²) >= 11 is 3.36. The quantitative estimate of drug-likeness (QED) is 0.517. The predicted octanol–water partition coefficient (Wildman–Crippen LogP) is 4.02. The second-order valence-electron chi connectivity index (χ2n) is 5.12. The Kier molecular flexibility index (Phi) is 7.47. The second-order valence-corrected chi connectivity index (χ2v) is 6.03. The van der Waals surface area contributed by atoms with E-state index >= 15 is 0 Å². The number of hydrogen-bond acceptors (Lipinski definition) is 5. The van der Waals surface area contributed by atoms with Crippen molar-refractivity contribution in [2.45, 2.75) is 13.8 Å². The van der Waals surface area contributed by atoms with Gasteiger partial charge in [0.2, 0.25) is 0 Å². The molecule has 0 radical (unpaired) electrons. The standard InChI is InChI=1S/C19H21BrN2O4/c1-4-25-16-9-7-14(20)11-15(16)19(23)22-21-12-13-6-8-17(26-5-2)18(10-13)24-3/h6-12H,4-5H2,1-3H3,(H,22,23)/b21-12-. The Labute approximate surface area is 161 Å². The molecule has 2 aromatic carbocycles. The molecule has 0 saturated carbocycles. The third-order valence-corrected chi connectivity index (χ3v) is 3.85. The molecule has 0 aliphatic rings. The molecular weight excluding hydrogens is 400 g/mol. The summed E-state index contributed by atoms with van der Waals surface area (Å²) in [6.45, 7) is 4.79. The molecule has 0 aliphatic carbocycles. The number of carbonyl (C=O) groups is 1. The number of rotatable bonds is 8. The summed E-state index contributed by atoms with van der Waals surface area (Å²) in [5, 5.41) is 4.01. The first-order chi connectivity index (χ1) is 12.6. The lowest BCUT2D eigenvalue weighted by molar-refractivity contribution is 0.0951. The van der Waals surface area contributed by atoms with Crippen molar-refractivity contribution in [2.75, 3.05) is 20.3 Å². The Morgan fingerprint density at radius 3 is 2.46 bits per heavy atom. The van der Waals surface area contributed by atoms with Crippen LogP contribution < -0.4 is 19.6 Å². The highest BCUT2D eigenvalue weighted by Crippen LogP contribution is 2.27. The van der Waals surface area contributed by atoms with Crippen molar-refractivity contribution in [2.24, 2.45) is 5.10 Å². The molecule has 6 nitrogen and oxygen atoms in total. The van der Waals surface area contributed by atoms with Crippen LogP contribution in [0, 0.1) is 0 Å². The highest BCUT2D eigenvalue weighted by Gasteiger charge is 2.12. The van der Waals surface area contributed by atoms with Crippen LogP contribution in [0.25, 0.3) is 0 Å². The summed E-state index contributed by atoms with van der Waals surface area (Å²) in [5.41, 5.74) is 3.68. The molecule has 0 saturated heterocycles. The number of hydrogen-bond donors (Lipinski definition) is 1. The van der Waals surface area contributed by atoms with Gasteiger partial charge in [-0.1, -0.05) is 15.9 Å². The Bertz CT molecular complexity index is 793. The fourth-order valence-corrected chi connectivity index (χ4v) is 2.59. The summed E-state index contributed by atoms with van der Waals surface area (Å²) in [6.07, 6.45) is 1.54. The highest BCUT2D eigenvalue weighted by atomic mass is 79.9. The maximum atomic E-state index is 12.4. The first-order valence-corrected chi connectivity index (χ1v) is 8.94. The molecule has 0 aliphatic heterocycles. The average Bonchev–Trinajstić information content (AvgIpc) is 2.64. The van der Waals surface area contributed by atoms with Crippen LogP contribution in [-0.4, -0.2) is 32.4 Å². The van der Waals surface area contributed by atoms with Crippen molar-refractivity contribution in [3.8, 4) is 17.2 Å². The summed E-state index contributed by atoms with van der Waals surface area (Å²) in [6, 6.07) is 10.7. The molecule has 138 valence electrons. The van der Waals surface area contributed by atoms with Crippen molar-refractivity contribution >= 4 is 28.1 Å². The van der Waals surface area contributed by atoms with Gasteiger partial charge in [0.15, 0.2) is 11.5 Å². The zero-order valence-corrected chi connectivity index (χ0v) is 16.5. The molecule has 0 spiro atoms. The van der Waals surface area contributed by atoms with E-state index in [2.05, 4.69) is 26.5 Å². The van der Waals surface area contributed by atoms with Crippen LogP contribution in [0.5, 0.6) is 17.2 Å². The fourth-order valence-electron chi connectivity index (χ4n) is 2.23. The number of carbonyl (C=O) groups excluding carboxylic acids is 1. The maximum Gasteiger partial charge on any atom is 0.275 e. The number of hydrazone groups is 1. The molecule has 1 N–H and O–H groups in total. The Balaban J connectivity index is 2.11. The van der Waals surface area contributed by atoms with Crippen LogP contribution >= 0.6 is 15.9 Å². The van der Waals surface area contributed by atoms with Gasteiger partial charge in [0.05, 0.1) is 32.1 Å². The van der Waals surface area contributed by atoms with Crippen LogP contribution in [0.1, 0.15) is 29.8 Å². The third-order valence-electron chi connectivity index (χ3n) is 3.35. The number of halogens is 1. The van der Waals surface area contributed by atoms with Gasteiger partial charge in [-0.15, -0.1) is 0 Å². The zero-order chi connectivity index (χ0) is 18.9. The lowest BCUT2D eigenvalue weighted by Crippen LogP contribution is -2.18. The van der Waals surface area contributed by atoms with Gasteiger partial charge >= 0.3 is 0 Å². The van der Waals surface area contributed by atoms with Crippen molar-refractivity contribution in [1.82, 2.24) is 5.43 Å². The molecular formula is C19H21BrN2O4. The number of nitrogens with zero attached hydrogens (tertiary/aromatic N) is 1. The number of nitrogens with one attached hydrogen (secondary N) is 1. The minimum absolute atomic E-state index is 0.357. The summed E-state index contributed by atoms with van der Waals surface area (Å²) in [4.78, 5) is 12.4. The van der Waals surface area contributed by atoms with Crippen LogP contribution in [0.4, 0.5) is 0 Å². The smallest absolute Gasteiger partial charge is 0.275 e. The second kappa shape index (κ2) is 9.82. The van der Waals surface area contributed by atoms with Gasteiger partial charge in [-0.05, 0) is 55.8 Å². The molecule has 0 fully saturated rings. The van der Waals surface area contributed by atoms with Crippen LogP contribution in [-0.2, 0) is 0 Å². The first-order valence-electron chi connectivity index (χ1n) is 8.15. The number of amides is 1. The monoisotopic (exact) mass is 420 g/mol. The Morgan fingerprint density at radius 1 is 1.08 bits per heavy atom. The van der Waals surface area contributed by atoms with E-state index in [9.17, 15) is 4.79 Å². The van der Waals surface area contributed by atoms with E-state index < -0.39 is 0 Å². The number of ether oxygens (including phenoxy) is 3. The van der Waals surface area contributed by atoms with Crippen molar-refractivity contribution < 1.29 is 19.0 Å². The molecule has 2 aromatic rings. The molecule has 0 unspecified atom stereocenters. The lowest BCUT2D eigenvalue weighted by Gasteiger charge is -2.10. The molecule has 0 bridgehead atoms. The Hall–Kier alpha value is -2.54. The van der Waals surface area contributed by atoms with Gasteiger partial charge in [-0.25, -0.2) is 5.43 Å². The minimum Gasteiger partial charge on any atom is -0.493 e. The molecule has 0 atom stereocenters.